The van der Waals surface area contributed by atoms with Crippen LogP contribution in [0.5, 0.6) is 0 Å². The van der Waals surface area contributed by atoms with Gasteiger partial charge in [-0.3, -0.25) is 10.1 Å². The van der Waals surface area contributed by atoms with Gasteiger partial charge in [0.15, 0.2) is 0 Å². The Morgan fingerprint density at radius 1 is 1.50 bits per heavy atom. The molecule has 1 aromatic heterocycles. The van der Waals surface area contributed by atoms with Crippen LogP contribution in [0.4, 0.5) is 5.69 Å². The maximum absolute atomic E-state index is 10.7. The van der Waals surface area contributed by atoms with Gasteiger partial charge in [0.25, 0.3) is 11.6 Å². The number of benzene rings is 1. The van der Waals surface area contributed by atoms with Gasteiger partial charge in [-0.15, -0.1) is 0 Å². The highest BCUT2D eigenvalue weighted by molar-refractivity contribution is 9.10. The van der Waals surface area contributed by atoms with Crippen LogP contribution in [-0.4, -0.2) is 15.1 Å². The summed E-state index contributed by atoms with van der Waals surface area (Å²) in [6.45, 7) is 1.67. The van der Waals surface area contributed by atoms with E-state index in [-0.39, 0.29) is 11.6 Å². The van der Waals surface area contributed by atoms with Crippen LogP contribution in [0, 0.1) is 17.0 Å². The fourth-order valence-corrected chi connectivity index (χ4v) is 1.50. The third-order valence-electron chi connectivity index (χ3n) is 2.05. The van der Waals surface area contributed by atoms with Crippen LogP contribution in [0.3, 0.4) is 0 Å². The number of halogens is 1. The second kappa shape index (κ2) is 4.01. The Balaban J connectivity index is 2.51. The summed E-state index contributed by atoms with van der Waals surface area (Å²) >= 11 is 3.04. The van der Waals surface area contributed by atoms with E-state index in [4.69, 9.17) is 4.52 Å². The minimum absolute atomic E-state index is 0.0341. The van der Waals surface area contributed by atoms with Gasteiger partial charge in [-0.25, -0.2) is 0 Å². The average Bonchev–Trinajstić information content (AvgIpc) is 2.65. The molecule has 0 aliphatic carbocycles. The number of hydrogen-bond donors (Lipinski definition) is 0. The lowest BCUT2D eigenvalue weighted by molar-refractivity contribution is -0.385. The minimum Gasteiger partial charge on any atom is -0.333 e. The first-order valence-corrected chi connectivity index (χ1v) is 5.12. The Morgan fingerprint density at radius 3 is 2.81 bits per heavy atom. The number of aryl methyl sites for hydroxylation is 1. The van der Waals surface area contributed by atoms with Crippen LogP contribution in [0.2, 0.25) is 0 Å². The number of rotatable bonds is 2. The molecule has 1 aromatic carbocycles. The molecule has 82 valence electrons. The van der Waals surface area contributed by atoms with Crippen molar-refractivity contribution >= 4 is 21.6 Å². The predicted molar refractivity (Wildman–Crippen MR) is 58.8 cm³/mol. The van der Waals surface area contributed by atoms with Crippen molar-refractivity contribution in [1.29, 1.82) is 0 Å². The SMILES string of the molecule is Cc1ccc(-c2nc(Br)no2)cc1[N+](=O)[O-]. The molecule has 0 aliphatic heterocycles. The van der Waals surface area contributed by atoms with Gasteiger partial charge in [0.1, 0.15) is 0 Å². The van der Waals surface area contributed by atoms with Crippen LogP contribution in [-0.2, 0) is 0 Å². The van der Waals surface area contributed by atoms with E-state index in [1.54, 1.807) is 19.1 Å². The molecular formula is C9H6BrN3O3. The molecule has 7 heteroatoms. The van der Waals surface area contributed by atoms with E-state index in [2.05, 4.69) is 26.1 Å². The molecule has 0 radical (unpaired) electrons. The molecule has 0 spiro atoms. The van der Waals surface area contributed by atoms with Crippen LogP contribution >= 0.6 is 15.9 Å². The molecule has 0 unspecified atom stereocenters. The second-order valence-electron chi connectivity index (χ2n) is 3.13. The Kier molecular flexibility index (Phi) is 2.69. The summed E-state index contributed by atoms with van der Waals surface area (Å²) in [5.41, 5.74) is 1.15. The first-order valence-electron chi connectivity index (χ1n) is 4.32. The highest BCUT2D eigenvalue weighted by atomic mass is 79.9. The Bertz CT molecular complexity index is 553. The quantitative estimate of drug-likeness (QED) is 0.625. The molecule has 16 heavy (non-hydrogen) atoms. The zero-order valence-corrected chi connectivity index (χ0v) is 9.76. The highest BCUT2D eigenvalue weighted by Gasteiger charge is 2.14. The third-order valence-corrected chi connectivity index (χ3v) is 2.38. The van der Waals surface area contributed by atoms with Crippen LogP contribution in [0.25, 0.3) is 11.5 Å². The van der Waals surface area contributed by atoms with E-state index in [0.29, 0.717) is 15.9 Å². The normalized spacial score (nSPS) is 10.4. The summed E-state index contributed by atoms with van der Waals surface area (Å²) in [6.07, 6.45) is 0. The van der Waals surface area contributed by atoms with Crippen molar-refractivity contribution in [1.82, 2.24) is 10.1 Å². The molecule has 0 saturated heterocycles. The van der Waals surface area contributed by atoms with Gasteiger partial charge in [0, 0.05) is 17.2 Å². The van der Waals surface area contributed by atoms with E-state index in [9.17, 15) is 10.1 Å². The maximum atomic E-state index is 10.7. The number of aromatic nitrogens is 2. The molecule has 0 bridgehead atoms. The van der Waals surface area contributed by atoms with E-state index in [1.807, 2.05) is 0 Å². The van der Waals surface area contributed by atoms with E-state index in [1.165, 1.54) is 6.07 Å². The average molecular weight is 284 g/mol. The van der Waals surface area contributed by atoms with E-state index < -0.39 is 4.92 Å². The Labute approximate surface area is 98.6 Å². The van der Waals surface area contributed by atoms with Gasteiger partial charge in [-0.2, -0.15) is 4.98 Å². The molecule has 0 aliphatic rings. The highest BCUT2D eigenvalue weighted by Crippen LogP contribution is 2.26. The third kappa shape index (κ3) is 1.94. The number of nitro groups is 1. The topological polar surface area (TPSA) is 82.1 Å². The molecule has 0 saturated carbocycles. The Morgan fingerprint density at radius 2 is 2.25 bits per heavy atom. The summed E-state index contributed by atoms with van der Waals surface area (Å²) in [5, 5.41) is 14.3. The molecule has 0 N–H and O–H groups in total. The molecule has 0 fully saturated rings. The number of hydrogen-bond acceptors (Lipinski definition) is 5. The number of nitro benzene ring substituents is 1. The fourth-order valence-electron chi connectivity index (χ4n) is 1.26. The van der Waals surface area contributed by atoms with Gasteiger partial charge in [0.05, 0.1) is 4.92 Å². The molecule has 2 aromatic rings. The van der Waals surface area contributed by atoms with Gasteiger partial charge in [-0.1, -0.05) is 6.07 Å². The zero-order valence-electron chi connectivity index (χ0n) is 8.18. The van der Waals surface area contributed by atoms with Crippen molar-refractivity contribution in [2.75, 3.05) is 0 Å². The van der Waals surface area contributed by atoms with Crippen LogP contribution in [0.1, 0.15) is 5.56 Å². The Hall–Kier alpha value is -1.76. The molecule has 0 amide bonds. The van der Waals surface area contributed by atoms with Gasteiger partial charge in [0.2, 0.25) is 4.73 Å². The summed E-state index contributed by atoms with van der Waals surface area (Å²) in [5.74, 6) is 0.245. The van der Waals surface area contributed by atoms with Crippen molar-refractivity contribution in [3.8, 4) is 11.5 Å². The summed E-state index contributed by atoms with van der Waals surface area (Å²) in [7, 11) is 0. The van der Waals surface area contributed by atoms with Crippen molar-refractivity contribution in [3.05, 3.63) is 38.6 Å². The van der Waals surface area contributed by atoms with E-state index >= 15 is 0 Å². The molecule has 0 atom stereocenters. The first kappa shape index (κ1) is 10.7. The lowest BCUT2D eigenvalue weighted by atomic mass is 10.1. The minimum atomic E-state index is -0.440. The van der Waals surface area contributed by atoms with Crippen molar-refractivity contribution in [3.63, 3.8) is 0 Å². The van der Waals surface area contributed by atoms with Gasteiger partial charge in [-0.05, 0) is 34.1 Å². The van der Waals surface area contributed by atoms with Gasteiger partial charge < -0.3 is 4.52 Å². The van der Waals surface area contributed by atoms with Crippen LogP contribution < -0.4 is 0 Å². The van der Waals surface area contributed by atoms with Crippen molar-refractivity contribution in [2.45, 2.75) is 6.92 Å². The fraction of sp³-hybridized carbons (Fsp3) is 0.111. The van der Waals surface area contributed by atoms with Crippen molar-refractivity contribution < 1.29 is 9.45 Å². The second-order valence-corrected chi connectivity index (χ2v) is 3.84. The monoisotopic (exact) mass is 283 g/mol. The van der Waals surface area contributed by atoms with E-state index in [0.717, 1.165) is 0 Å². The maximum Gasteiger partial charge on any atom is 0.273 e. The molecule has 6 nitrogen and oxygen atoms in total. The lowest BCUT2D eigenvalue weighted by Gasteiger charge is -1.98. The standard InChI is InChI=1S/C9H6BrN3O3/c1-5-2-3-6(4-7(5)13(14)15)8-11-9(10)12-16-8/h2-4H,1H3. The van der Waals surface area contributed by atoms with Crippen LogP contribution in [0.15, 0.2) is 27.5 Å². The smallest absolute Gasteiger partial charge is 0.273 e. The summed E-state index contributed by atoms with van der Waals surface area (Å²) in [4.78, 5) is 14.2. The van der Waals surface area contributed by atoms with Crippen molar-refractivity contribution in [2.24, 2.45) is 0 Å². The summed E-state index contributed by atoms with van der Waals surface area (Å²) < 4.78 is 5.21. The molecule has 2 rings (SSSR count). The first-order chi connectivity index (χ1) is 7.58. The summed E-state index contributed by atoms with van der Waals surface area (Å²) in [6, 6.07) is 4.75. The predicted octanol–water partition coefficient (Wildman–Crippen LogP) is 2.72. The zero-order chi connectivity index (χ0) is 11.7. The lowest BCUT2D eigenvalue weighted by Crippen LogP contribution is -1.92. The van der Waals surface area contributed by atoms with Gasteiger partial charge >= 0.3 is 0 Å². The molecular weight excluding hydrogens is 278 g/mol. The largest absolute Gasteiger partial charge is 0.333 e. The molecule has 1 heterocycles. The number of nitrogens with zero attached hydrogens (tertiary/aromatic N) is 3.